The highest BCUT2D eigenvalue weighted by Gasteiger charge is 2.18. The van der Waals surface area contributed by atoms with Crippen LogP contribution in [0.1, 0.15) is 15.9 Å². The van der Waals surface area contributed by atoms with Crippen molar-refractivity contribution in [1.29, 1.82) is 0 Å². The molecule has 2 aromatic carbocycles. The zero-order valence-corrected chi connectivity index (χ0v) is 14.3. The Bertz CT molecular complexity index is 691. The van der Waals surface area contributed by atoms with E-state index in [1.165, 1.54) is 12.1 Å². The number of hydrogen-bond acceptors (Lipinski definition) is 2. The Morgan fingerprint density at radius 2 is 2.00 bits per heavy atom. The summed E-state index contributed by atoms with van der Waals surface area (Å²) >= 11 is 15.5. The van der Waals surface area contributed by atoms with Gasteiger partial charge in [-0.1, -0.05) is 51.3 Å². The van der Waals surface area contributed by atoms with Crippen LogP contribution in [-0.2, 0) is 6.54 Å². The quantitative estimate of drug-likeness (QED) is 0.781. The number of carbonyl (C=O) groups excluding carboxylic acids is 1. The molecule has 110 valence electrons. The summed E-state index contributed by atoms with van der Waals surface area (Å²) in [5.74, 6) is -0.228. The predicted molar refractivity (Wildman–Crippen MR) is 90.8 cm³/mol. The summed E-state index contributed by atoms with van der Waals surface area (Å²) in [5, 5.41) is 0.493. The van der Waals surface area contributed by atoms with Gasteiger partial charge in [-0.2, -0.15) is 0 Å². The molecular weight excluding hydrogens is 375 g/mol. The molecule has 0 radical (unpaired) electrons. The van der Waals surface area contributed by atoms with Gasteiger partial charge in [0.15, 0.2) is 0 Å². The molecule has 1 amide bonds. The second-order valence-corrected chi connectivity index (χ2v) is 6.36. The molecule has 0 bridgehead atoms. The van der Waals surface area contributed by atoms with Crippen molar-refractivity contribution in [2.24, 2.45) is 0 Å². The third-order valence-electron chi connectivity index (χ3n) is 2.94. The molecule has 2 N–H and O–H groups in total. The number of halogens is 3. The molecule has 3 nitrogen and oxygen atoms in total. The van der Waals surface area contributed by atoms with Crippen molar-refractivity contribution in [2.75, 3.05) is 12.8 Å². The van der Waals surface area contributed by atoms with Gasteiger partial charge in [-0.15, -0.1) is 0 Å². The van der Waals surface area contributed by atoms with E-state index >= 15 is 0 Å². The zero-order chi connectivity index (χ0) is 15.6. The van der Waals surface area contributed by atoms with Gasteiger partial charge in [-0.05, 0) is 29.8 Å². The molecule has 0 saturated carbocycles. The minimum atomic E-state index is -0.228. The Hall–Kier alpha value is -1.23. The van der Waals surface area contributed by atoms with Crippen LogP contribution in [0.4, 0.5) is 5.69 Å². The molecule has 0 atom stereocenters. The number of nitrogen functional groups attached to an aromatic ring is 1. The molecule has 6 heteroatoms. The first-order valence-electron chi connectivity index (χ1n) is 6.13. The molecule has 21 heavy (non-hydrogen) atoms. The number of nitrogens with two attached hydrogens (primary N) is 1. The number of anilines is 1. The summed E-state index contributed by atoms with van der Waals surface area (Å²) in [6.07, 6.45) is 0. The molecular formula is C15H13BrCl2N2O. The zero-order valence-electron chi connectivity index (χ0n) is 11.2. The fourth-order valence-electron chi connectivity index (χ4n) is 1.95. The Labute approximate surface area is 141 Å². The van der Waals surface area contributed by atoms with E-state index in [1.54, 1.807) is 11.9 Å². The van der Waals surface area contributed by atoms with Crippen LogP contribution in [0.15, 0.2) is 40.9 Å². The maximum Gasteiger partial charge on any atom is 0.255 e. The first-order valence-corrected chi connectivity index (χ1v) is 7.68. The van der Waals surface area contributed by atoms with E-state index in [4.69, 9.17) is 28.9 Å². The fraction of sp³-hybridized carbons (Fsp3) is 0.133. The minimum absolute atomic E-state index is 0.219. The largest absolute Gasteiger partial charge is 0.399 e. The SMILES string of the molecule is CN(Cc1cccc(Br)c1)C(=O)c1cc(N)cc(Cl)c1Cl. The van der Waals surface area contributed by atoms with Gasteiger partial charge in [0.1, 0.15) is 0 Å². The van der Waals surface area contributed by atoms with Crippen LogP contribution >= 0.6 is 39.1 Å². The van der Waals surface area contributed by atoms with Crippen molar-refractivity contribution >= 4 is 50.7 Å². The van der Waals surface area contributed by atoms with Gasteiger partial charge in [-0.3, -0.25) is 4.79 Å². The monoisotopic (exact) mass is 386 g/mol. The highest BCUT2D eigenvalue weighted by Crippen LogP contribution is 2.29. The van der Waals surface area contributed by atoms with Crippen LogP contribution in [-0.4, -0.2) is 17.9 Å². The van der Waals surface area contributed by atoms with Crippen LogP contribution in [0.5, 0.6) is 0 Å². The highest BCUT2D eigenvalue weighted by molar-refractivity contribution is 9.10. The van der Waals surface area contributed by atoms with Gasteiger partial charge >= 0.3 is 0 Å². The molecule has 2 aromatic rings. The predicted octanol–water partition coefficient (Wildman–Crippen LogP) is 4.61. The van der Waals surface area contributed by atoms with Gasteiger partial charge < -0.3 is 10.6 Å². The van der Waals surface area contributed by atoms with Gasteiger partial charge in [0, 0.05) is 23.8 Å². The lowest BCUT2D eigenvalue weighted by atomic mass is 10.1. The third kappa shape index (κ3) is 3.90. The van der Waals surface area contributed by atoms with Crippen molar-refractivity contribution in [2.45, 2.75) is 6.54 Å². The van der Waals surface area contributed by atoms with Gasteiger partial charge in [0.2, 0.25) is 0 Å². The first kappa shape index (κ1) is 16.1. The lowest BCUT2D eigenvalue weighted by molar-refractivity contribution is 0.0785. The summed E-state index contributed by atoms with van der Waals surface area (Å²) in [6, 6.07) is 10.8. The standard InChI is InChI=1S/C15H13BrCl2N2O/c1-20(8-9-3-2-4-10(16)5-9)15(21)12-6-11(19)7-13(17)14(12)18/h2-7H,8,19H2,1H3. The fourth-order valence-corrected chi connectivity index (χ4v) is 2.82. The number of benzene rings is 2. The Morgan fingerprint density at radius 1 is 1.29 bits per heavy atom. The Balaban J connectivity index is 2.24. The third-order valence-corrected chi connectivity index (χ3v) is 4.23. The Morgan fingerprint density at radius 3 is 2.67 bits per heavy atom. The number of rotatable bonds is 3. The first-order chi connectivity index (χ1) is 9.88. The van der Waals surface area contributed by atoms with E-state index in [-0.39, 0.29) is 16.0 Å². The molecule has 0 fully saturated rings. The molecule has 0 heterocycles. The summed E-state index contributed by atoms with van der Waals surface area (Å²) in [4.78, 5) is 14.0. The molecule has 0 saturated heterocycles. The van der Waals surface area contributed by atoms with Crippen molar-refractivity contribution in [1.82, 2.24) is 4.90 Å². The van der Waals surface area contributed by atoms with Gasteiger partial charge in [0.25, 0.3) is 5.91 Å². The van der Waals surface area contributed by atoms with Crippen molar-refractivity contribution in [3.05, 3.63) is 62.0 Å². The molecule has 0 aliphatic carbocycles. The van der Waals surface area contributed by atoms with Crippen LogP contribution < -0.4 is 5.73 Å². The van der Waals surface area contributed by atoms with Crippen LogP contribution in [0.2, 0.25) is 10.0 Å². The van der Waals surface area contributed by atoms with E-state index in [0.717, 1.165) is 10.0 Å². The topological polar surface area (TPSA) is 46.3 Å². The second-order valence-electron chi connectivity index (χ2n) is 4.66. The van der Waals surface area contributed by atoms with Gasteiger partial charge in [-0.25, -0.2) is 0 Å². The molecule has 0 aromatic heterocycles. The average Bonchev–Trinajstić information content (AvgIpc) is 2.42. The number of amides is 1. The van der Waals surface area contributed by atoms with Crippen molar-refractivity contribution in [3.8, 4) is 0 Å². The summed E-state index contributed by atoms with van der Waals surface area (Å²) in [7, 11) is 1.71. The highest BCUT2D eigenvalue weighted by atomic mass is 79.9. The molecule has 0 aliphatic rings. The van der Waals surface area contributed by atoms with E-state index in [1.807, 2.05) is 24.3 Å². The maximum atomic E-state index is 12.5. The van der Waals surface area contributed by atoms with E-state index in [2.05, 4.69) is 15.9 Å². The minimum Gasteiger partial charge on any atom is -0.399 e. The van der Waals surface area contributed by atoms with Crippen LogP contribution in [0.25, 0.3) is 0 Å². The molecule has 0 aliphatic heterocycles. The van der Waals surface area contributed by atoms with Gasteiger partial charge in [0.05, 0.1) is 15.6 Å². The summed E-state index contributed by atoms with van der Waals surface area (Å²) < 4.78 is 0.964. The van der Waals surface area contributed by atoms with E-state index < -0.39 is 0 Å². The average molecular weight is 388 g/mol. The summed E-state index contributed by atoms with van der Waals surface area (Å²) in [5.41, 5.74) is 7.44. The Kier molecular flexibility index (Phi) is 5.14. The van der Waals surface area contributed by atoms with Crippen LogP contribution in [0, 0.1) is 0 Å². The van der Waals surface area contributed by atoms with Crippen molar-refractivity contribution in [3.63, 3.8) is 0 Å². The number of hydrogen-bond donors (Lipinski definition) is 1. The normalized spacial score (nSPS) is 10.5. The maximum absolute atomic E-state index is 12.5. The molecule has 0 spiro atoms. The number of carbonyl (C=O) groups is 1. The van der Waals surface area contributed by atoms with Crippen molar-refractivity contribution < 1.29 is 4.79 Å². The number of nitrogens with zero attached hydrogens (tertiary/aromatic N) is 1. The second kappa shape index (κ2) is 6.69. The smallest absolute Gasteiger partial charge is 0.255 e. The molecule has 2 rings (SSSR count). The van der Waals surface area contributed by atoms with E-state index in [9.17, 15) is 4.79 Å². The summed E-state index contributed by atoms with van der Waals surface area (Å²) in [6.45, 7) is 0.459. The van der Waals surface area contributed by atoms with E-state index in [0.29, 0.717) is 17.8 Å². The molecule has 0 unspecified atom stereocenters. The lowest BCUT2D eigenvalue weighted by Crippen LogP contribution is -2.26. The van der Waals surface area contributed by atoms with Crippen LogP contribution in [0.3, 0.4) is 0 Å². The lowest BCUT2D eigenvalue weighted by Gasteiger charge is -2.19.